The van der Waals surface area contributed by atoms with Crippen molar-refractivity contribution in [1.29, 1.82) is 0 Å². The third kappa shape index (κ3) is 5.65. The number of piperazine rings is 1. The second-order valence-electron chi connectivity index (χ2n) is 8.53. The van der Waals surface area contributed by atoms with Crippen LogP contribution in [0.3, 0.4) is 0 Å². The highest BCUT2D eigenvalue weighted by Gasteiger charge is 2.32. The van der Waals surface area contributed by atoms with Gasteiger partial charge in [0.2, 0.25) is 0 Å². The molecule has 0 atom stereocenters. The highest BCUT2D eigenvalue weighted by molar-refractivity contribution is 6.06. The number of nitro groups is 1. The molecule has 2 heterocycles. The Hall–Kier alpha value is -3.38. The molecule has 1 N–H and O–H groups in total. The van der Waals surface area contributed by atoms with Crippen molar-refractivity contribution < 1.29 is 27.6 Å². The van der Waals surface area contributed by atoms with E-state index in [-0.39, 0.29) is 16.9 Å². The SMILES string of the molecule is CN1CCN(c2ccc(C(=O)Nc3cc(C(F)(F)F)ccc3N3CCOCC3)cc2[N+](=O)[O-])CC1. The van der Waals surface area contributed by atoms with E-state index >= 15 is 0 Å². The Morgan fingerprint density at radius 1 is 0.971 bits per heavy atom. The van der Waals surface area contributed by atoms with Crippen LogP contribution in [0, 0.1) is 10.1 Å². The number of likely N-dealkylation sites (N-methyl/N-ethyl adjacent to an activating group) is 1. The number of ether oxygens (including phenoxy) is 1. The zero-order valence-electron chi connectivity index (χ0n) is 19.2. The fraction of sp³-hybridized carbons (Fsp3) is 0.435. The van der Waals surface area contributed by atoms with Gasteiger partial charge >= 0.3 is 6.18 Å². The summed E-state index contributed by atoms with van der Waals surface area (Å²) in [4.78, 5) is 30.1. The molecule has 2 aromatic rings. The molecule has 2 fully saturated rings. The number of nitrogens with zero attached hydrogens (tertiary/aromatic N) is 4. The van der Waals surface area contributed by atoms with Crippen LogP contribution < -0.4 is 15.1 Å². The molecular weight excluding hydrogens is 467 g/mol. The molecule has 4 rings (SSSR count). The van der Waals surface area contributed by atoms with E-state index in [4.69, 9.17) is 4.74 Å². The minimum atomic E-state index is -4.59. The molecular formula is C23H26F3N5O4. The topological polar surface area (TPSA) is 91.2 Å². The lowest BCUT2D eigenvalue weighted by atomic mass is 10.1. The van der Waals surface area contributed by atoms with Gasteiger partial charge in [0, 0.05) is 50.9 Å². The average molecular weight is 493 g/mol. The highest BCUT2D eigenvalue weighted by Crippen LogP contribution is 2.36. The predicted octanol–water partition coefficient (Wildman–Crippen LogP) is 3.45. The monoisotopic (exact) mass is 493 g/mol. The van der Waals surface area contributed by atoms with Crippen molar-refractivity contribution in [3.63, 3.8) is 0 Å². The molecule has 1 amide bonds. The Kier molecular flexibility index (Phi) is 7.13. The molecule has 0 aliphatic carbocycles. The summed E-state index contributed by atoms with van der Waals surface area (Å²) in [6.07, 6.45) is -4.59. The van der Waals surface area contributed by atoms with Gasteiger partial charge in [0.15, 0.2) is 0 Å². The van der Waals surface area contributed by atoms with Crippen LogP contribution in [-0.4, -0.2) is 75.3 Å². The van der Waals surface area contributed by atoms with Crippen LogP contribution in [0.25, 0.3) is 0 Å². The molecule has 12 heteroatoms. The maximum absolute atomic E-state index is 13.4. The van der Waals surface area contributed by atoms with E-state index in [1.165, 1.54) is 24.3 Å². The number of carbonyl (C=O) groups excluding carboxylic acids is 1. The van der Waals surface area contributed by atoms with E-state index in [0.29, 0.717) is 50.8 Å². The van der Waals surface area contributed by atoms with E-state index in [2.05, 4.69) is 10.2 Å². The van der Waals surface area contributed by atoms with E-state index in [1.54, 1.807) is 0 Å². The molecule has 2 saturated heterocycles. The standard InChI is InChI=1S/C23H26F3N5O4/c1-28-6-8-29(9-7-28)20-4-2-16(14-21(20)31(33)34)22(32)27-18-15-17(23(24,25)26)3-5-19(18)30-10-12-35-13-11-30/h2-5,14-15H,6-13H2,1H3,(H,27,32). The Morgan fingerprint density at radius 3 is 2.23 bits per heavy atom. The predicted molar refractivity (Wildman–Crippen MR) is 125 cm³/mol. The maximum atomic E-state index is 13.4. The number of rotatable bonds is 5. The van der Waals surface area contributed by atoms with Gasteiger partial charge in [0.05, 0.1) is 35.1 Å². The first-order chi connectivity index (χ1) is 16.6. The smallest absolute Gasteiger partial charge is 0.378 e. The first kappa shape index (κ1) is 24.7. The third-order valence-electron chi connectivity index (χ3n) is 6.20. The fourth-order valence-corrected chi connectivity index (χ4v) is 4.21. The van der Waals surface area contributed by atoms with Gasteiger partial charge < -0.3 is 24.8 Å². The van der Waals surface area contributed by atoms with Crippen LogP contribution in [0.2, 0.25) is 0 Å². The third-order valence-corrected chi connectivity index (χ3v) is 6.20. The number of nitro benzene ring substituents is 1. The van der Waals surface area contributed by atoms with Crippen LogP contribution >= 0.6 is 0 Å². The normalized spacial score (nSPS) is 17.4. The number of alkyl halides is 3. The Bertz CT molecular complexity index is 1100. The summed E-state index contributed by atoms with van der Waals surface area (Å²) in [7, 11) is 1.97. The van der Waals surface area contributed by atoms with Gasteiger partial charge in [-0.3, -0.25) is 14.9 Å². The Balaban J connectivity index is 1.63. The lowest BCUT2D eigenvalue weighted by Gasteiger charge is -2.33. The number of benzene rings is 2. The number of nitrogens with one attached hydrogen (secondary N) is 1. The number of amides is 1. The molecule has 9 nitrogen and oxygen atoms in total. The van der Waals surface area contributed by atoms with Crippen molar-refractivity contribution in [2.45, 2.75) is 6.18 Å². The largest absolute Gasteiger partial charge is 0.416 e. The number of halogens is 3. The summed E-state index contributed by atoms with van der Waals surface area (Å²) in [5.41, 5.74) is -0.316. The number of hydrogen-bond donors (Lipinski definition) is 1. The van der Waals surface area contributed by atoms with Crippen LogP contribution in [0.5, 0.6) is 0 Å². The lowest BCUT2D eigenvalue weighted by molar-refractivity contribution is -0.384. The molecule has 0 spiro atoms. The van der Waals surface area contributed by atoms with Gasteiger partial charge in [-0.15, -0.1) is 0 Å². The summed E-state index contributed by atoms with van der Waals surface area (Å²) in [6, 6.07) is 7.32. The van der Waals surface area contributed by atoms with Crippen molar-refractivity contribution in [2.24, 2.45) is 0 Å². The van der Waals surface area contributed by atoms with Gasteiger partial charge in [-0.05, 0) is 37.4 Å². The van der Waals surface area contributed by atoms with Crippen LogP contribution in [0.1, 0.15) is 15.9 Å². The molecule has 0 aromatic heterocycles. The molecule has 0 radical (unpaired) electrons. The molecule has 0 unspecified atom stereocenters. The molecule has 35 heavy (non-hydrogen) atoms. The molecule has 0 bridgehead atoms. The second kappa shape index (κ2) is 10.1. The van der Waals surface area contributed by atoms with Crippen LogP contribution in [-0.2, 0) is 10.9 Å². The van der Waals surface area contributed by atoms with Gasteiger partial charge in [-0.1, -0.05) is 0 Å². The number of carbonyl (C=O) groups is 1. The maximum Gasteiger partial charge on any atom is 0.416 e. The highest BCUT2D eigenvalue weighted by atomic mass is 19.4. The zero-order valence-corrected chi connectivity index (χ0v) is 19.2. The zero-order chi connectivity index (χ0) is 25.2. The van der Waals surface area contributed by atoms with Crippen LogP contribution in [0.15, 0.2) is 36.4 Å². The molecule has 188 valence electrons. The minimum absolute atomic E-state index is 0.0140. The van der Waals surface area contributed by atoms with Gasteiger partial charge in [0.1, 0.15) is 5.69 Å². The van der Waals surface area contributed by atoms with E-state index in [9.17, 15) is 28.1 Å². The average Bonchev–Trinajstić information content (AvgIpc) is 2.84. The van der Waals surface area contributed by atoms with Crippen molar-refractivity contribution in [2.75, 3.05) is 74.6 Å². The van der Waals surface area contributed by atoms with E-state index < -0.39 is 22.6 Å². The Morgan fingerprint density at radius 2 is 1.60 bits per heavy atom. The van der Waals surface area contributed by atoms with Crippen molar-refractivity contribution in [1.82, 2.24) is 4.90 Å². The van der Waals surface area contributed by atoms with E-state index in [0.717, 1.165) is 25.2 Å². The quantitative estimate of drug-likeness (QED) is 0.504. The summed E-state index contributed by atoms with van der Waals surface area (Å²) in [5, 5.41) is 14.3. The second-order valence-corrected chi connectivity index (χ2v) is 8.53. The molecule has 0 saturated carbocycles. The Labute approximate surface area is 200 Å². The van der Waals surface area contributed by atoms with Gasteiger partial charge in [-0.25, -0.2) is 0 Å². The lowest BCUT2D eigenvalue weighted by Crippen LogP contribution is -2.44. The first-order valence-corrected chi connectivity index (χ1v) is 11.2. The molecule has 2 aliphatic rings. The summed E-state index contributed by atoms with van der Waals surface area (Å²) in [5.74, 6) is -0.730. The number of morpholine rings is 1. The first-order valence-electron chi connectivity index (χ1n) is 11.2. The summed E-state index contributed by atoms with van der Waals surface area (Å²) < 4.78 is 45.4. The number of hydrogen-bond acceptors (Lipinski definition) is 7. The van der Waals surface area contributed by atoms with Crippen molar-refractivity contribution in [3.8, 4) is 0 Å². The minimum Gasteiger partial charge on any atom is -0.378 e. The van der Waals surface area contributed by atoms with Gasteiger partial charge in [-0.2, -0.15) is 13.2 Å². The summed E-state index contributed by atoms with van der Waals surface area (Å²) in [6.45, 7) is 4.45. The van der Waals surface area contributed by atoms with Gasteiger partial charge in [0.25, 0.3) is 11.6 Å². The number of anilines is 3. The summed E-state index contributed by atoms with van der Waals surface area (Å²) >= 11 is 0. The molecule has 2 aliphatic heterocycles. The van der Waals surface area contributed by atoms with E-state index in [1.807, 2.05) is 16.8 Å². The van der Waals surface area contributed by atoms with Crippen LogP contribution in [0.4, 0.5) is 35.9 Å². The fourth-order valence-electron chi connectivity index (χ4n) is 4.21. The molecule has 2 aromatic carbocycles. The van der Waals surface area contributed by atoms with Crippen molar-refractivity contribution in [3.05, 3.63) is 57.6 Å². The van der Waals surface area contributed by atoms with Crippen molar-refractivity contribution >= 4 is 28.7 Å².